The van der Waals surface area contributed by atoms with Crippen molar-refractivity contribution in [3.05, 3.63) is 34.5 Å². The van der Waals surface area contributed by atoms with Gasteiger partial charge < -0.3 is 54.7 Å². The molecule has 3 unspecified atom stereocenters. The number of benzene rings is 2. The molecule has 0 amide bonds. The van der Waals surface area contributed by atoms with Gasteiger partial charge >= 0.3 is 0 Å². The fraction of sp³-hybridized carbons (Fsp3) is 0.286. The lowest BCUT2D eigenvalue weighted by atomic mass is 10.00. The van der Waals surface area contributed by atoms with Crippen molar-refractivity contribution < 1.29 is 54.7 Å². The van der Waals surface area contributed by atoms with E-state index in [2.05, 4.69) is 0 Å². The first-order chi connectivity index (χ1) is 15.5. The summed E-state index contributed by atoms with van der Waals surface area (Å²) in [4.78, 5) is 13.2. The van der Waals surface area contributed by atoms with Crippen molar-refractivity contribution >= 4 is 11.0 Å². The number of aromatic hydroxyl groups is 5. The first-order valence-electron chi connectivity index (χ1n) is 9.64. The second-order valence-corrected chi connectivity index (χ2v) is 7.59. The highest BCUT2D eigenvalue weighted by molar-refractivity contribution is 5.88. The predicted molar refractivity (Wildman–Crippen MR) is 109 cm³/mol. The average Bonchev–Trinajstić information content (AvgIpc) is 2.74. The highest BCUT2D eigenvalue weighted by atomic mass is 16.7. The summed E-state index contributed by atoms with van der Waals surface area (Å²) in [7, 11) is 0. The second-order valence-electron chi connectivity index (χ2n) is 7.59. The van der Waals surface area contributed by atoms with E-state index in [1.165, 1.54) is 6.92 Å². The summed E-state index contributed by atoms with van der Waals surface area (Å²) < 4.78 is 16.5. The van der Waals surface area contributed by atoms with Gasteiger partial charge in [0.15, 0.2) is 23.0 Å². The first kappa shape index (κ1) is 22.5. The summed E-state index contributed by atoms with van der Waals surface area (Å²) in [5, 5.41) is 79.1. The minimum Gasteiger partial charge on any atom is -0.508 e. The van der Waals surface area contributed by atoms with Crippen LogP contribution in [0.2, 0.25) is 0 Å². The Hall–Kier alpha value is -3.71. The normalized spacial score (nSPS) is 25.3. The molecule has 1 aliphatic heterocycles. The summed E-state index contributed by atoms with van der Waals surface area (Å²) in [6.07, 6.45) is -7.59. The molecule has 8 N–H and O–H groups in total. The Morgan fingerprint density at radius 1 is 0.848 bits per heavy atom. The summed E-state index contributed by atoms with van der Waals surface area (Å²) in [6, 6.07) is 3.79. The molecule has 0 bridgehead atoms. The molecule has 2 aromatic carbocycles. The minimum atomic E-state index is -1.80. The van der Waals surface area contributed by atoms with Crippen LogP contribution in [0.3, 0.4) is 0 Å². The van der Waals surface area contributed by atoms with Gasteiger partial charge in [0.2, 0.25) is 17.5 Å². The quantitative estimate of drug-likeness (QED) is 0.244. The summed E-state index contributed by atoms with van der Waals surface area (Å²) in [5.41, 5.74) is -1.45. The molecule has 1 fully saturated rings. The molecule has 3 aromatic rings. The molecule has 33 heavy (non-hydrogen) atoms. The van der Waals surface area contributed by atoms with Gasteiger partial charge in [-0.2, -0.15) is 0 Å². The van der Waals surface area contributed by atoms with Gasteiger partial charge in [0, 0.05) is 17.7 Å². The Morgan fingerprint density at radius 2 is 1.48 bits per heavy atom. The van der Waals surface area contributed by atoms with Gasteiger partial charge in [0.05, 0.1) is 6.10 Å². The number of hydrogen-bond donors (Lipinski definition) is 8. The zero-order chi connectivity index (χ0) is 24.2. The number of ether oxygens (including phenoxy) is 2. The van der Waals surface area contributed by atoms with Crippen LogP contribution in [0, 0.1) is 0 Å². The Balaban J connectivity index is 1.95. The van der Waals surface area contributed by atoms with Gasteiger partial charge in [-0.05, 0) is 19.1 Å². The first-order valence-corrected chi connectivity index (χ1v) is 9.64. The van der Waals surface area contributed by atoms with Crippen molar-refractivity contribution in [2.24, 2.45) is 0 Å². The number of hydrogen-bond acceptors (Lipinski definition) is 12. The zero-order valence-electron chi connectivity index (χ0n) is 16.9. The van der Waals surface area contributed by atoms with Crippen molar-refractivity contribution in [3.63, 3.8) is 0 Å². The molecule has 12 heteroatoms. The van der Waals surface area contributed by atoms with Crippen LogP contribution in [0.4, 0.5) is 0 Å². The van der Waals surface area contributed by atoms with Crippen molar-refractivity contribution in [1.29, 1.82) is 0 Å². The Kier molecular flexibility index (Phi) is 5.46. The smallest absolute Gasteiger partial charge is 0.239 e. The van der Waals surface area contributed by atoms with E-state index in [9.17, 15) is 45.6 Å². The third-order valence-electron chi connectivity index (χ3n) is 5.29. The molecule has 0 saturated carbocycles. The van der Waals surface area contributed by atoms with Gasteiger partial charge in [0.25, 0.3) is 0 Å². The van der Waals surface area contributed by atoms with Crippen molar-refractivity contribution in [3.8, 4) is 45.8 Å². The van der Waals surface area contributed by atoms with Gasteiger partial charge in [0.1, 0.15) is 40.8 Å². The molecule has 1 aromatic heterocycles. The molecule has 1 saturated heterocycles. The van der Waals surface area contributed by atoms with E-state index in [0.717, 1.165) is 24.3 Å². The fourth-order valence-corrected chi connectivity index (χ4v) is 3.53. The van der Waals surface area contributed by atoms with Crippen LogP contribution < -0.4 is 10.2 Å². The number of phenols is 5. The van der Waals surface area contributed by atoms with E-state index in [4.69, 9.17) is 13.9 Å². The molecule has 176 valence electrons. The Bertz CT molecular complexity index is 1260. The average molecular weight is 464 g/mol. The highest BCUT2D eigenvalue weighted by Crippen LogP contribution is 2.43. The summed E-state index contributed by atoms with van der Waals surface area (Å²) in [5.74, 6) is -4.55. The standard InChI is InChI=1S/C21H20O12/c1-6-14(26)17(29)18(30)21(31-6)33-20-16(28)13-9(23)4-8(22)5-12(13)32-19(20)7-2-10(24)15(27)11(25)3-7/h2-6,14,17-18,21-27,29-30H,1H3/t6?,14-,17?,18?,21-/m0/s1. The topological polar surface area (TPSA) is 211 Å². The second kappa shape index (κ2) is 8.01. The fourth-order valence-electron chi connectivity index (χ4n) is 3.53. The largest absolute Gasteiger partial charge is 0.508 e. The molecule has 1 aliphatic rings. The maximum absolute atomic E-state index is 13.2. The lowest BCUT2D eigenvalue weighted by Gasteiger charge is -2.38. The maximum Gasteiger partial charge on any atom is 0.239 e. The van der Waals surface area contributed by atoms with Crippen molar-refractivity contribution in [2.45, 2.75) is 37.6 Å². The maximum atomic E-state index is 13.2. The van der Waals surface area contributed by atoms with E-state index in [1.807, 2.05) is 0 Å². The molecule has 2 heterocycles. The monoisotopic (exact) mass is 464 g/mol. The molecular weight excluding hydrogens is 444 g/mol. The molecule has 12 nitrogen and oxygen atoms in total. The Morgan fingerprint density at radius 3 is 2.12 bits per heavy atom. The molecule has 4 rings (SSSR count). The van der Waals surface area contributed by atoms with Crippen LogP contribution in [-0.2, 0) is 4.74 Å². The summed E-state index contributed by atoms with van der Waals surface area (Å²) >= 11 is 0. The Labute approximate surface area is 184 Å². The van der Waals surface area contributed by atoms with Crippen LogP contribution in [-0.4, -0.2) is 71.6 Å². The van der Waals surface area contributed by atoms with Crippen LogP contribution in [0.25, 0.3) is 22.3 Å². The third kappa shape index (κ3) is 3.74. The van der Waals surface area contributed by atoms with E-state index >= 15 is 0 Å². The zero-order valence-corrected chi connectivity index (χ0v) is 16.9. The molecule has 0 spiro atoms. The van der Waals surface area contributed by atoms with E-state index < -0.39 is 81.8 Å². The van der Waals surface area contributed by atoms with Gasteiger partial charge in [-0.15, -0.1) is 0 Å². The van der Waals surface area contributed by atoms with Crippen LogP contribution in [0.5, 0.6) is 34.5 Å². The SMILES string of the molecule is CC1O[C@@H](Oc2c(-c3cc(O)c(O)c(O)c3)oc3cc(O)cc(O)c3c2=O)C(O)C(O)[C@H]1O. The minimum absolute atomic E-state index is 0.168. The lowest BCUT2D eigenvalue weighted by Crippen LogP contribution is -2.58. The van der Waals surface area contributed by atoms with Crippen molar-refractivity contribution in [2.75, 3.05) is 0 Å². The van der Waals surface area contributed by atoms with Gasteiger partial charge in [-0.1, -0.05) is 0 Å². The third-order valence-corrected chi connectivity index (χ3v) is 5.29. The van der Waals surface area contributed by atoms with Gasteiger partial charge in [-0.25, -0.2) is 0 Å². The summed E-state index contributed by atoms with van der Waals surface area (Å²) in [6.45, 7) is 1.39. The number of fused-ring (bicyclic) bond motifs is 1. The van der Waals surface area contributed by atoms with E-state index in [1.54, 1.807) is 0 Å². The highest BCUT2D eigenvalue weighted by Gasteiger charge is 2.44. The lowest BCUT2D eigenvalue weighted by molar-refractivity contribution is -0.268. The van der Waals surface area contributed by atoms with Crippen LogP contribution in [0.15, 0.2) is 33.5 Å². The van der Waals surface area contributed by atoms with Crippen LogP contribution in [0.1, 0.15) is 6.92 Å². The molecule has 0 radical (unpaired) electrons. The molecule has 5 atom stereocenters. The number of phenolic OH excluding ortho intramolecular Hbond substituents is 5. The number of aliphatic hydroxyl groups excluding tert-OH is 3. The van der Waals surface area contributed by atoms with E-state index in [-0.39, 0.29) is 11.1 Å². The van der Waals surface area contributed by atoms with E-state index in [0.29, 0.717) is 0 Å². The molecular formula is C21H20O12. The molecule has 0 aliphatic carbocycles. The van der Waals surface area contributed by atoms with Gasteiger partial charge in [-0.3, -0.25) is 4.79 Å². The van der Waals surface area contributed by atoms with Crippen molar-refractivity contribution in [1.82, 2.24) is 0 Å². The predicted octanol–water partition coefficient (Wildman–Crippen LogP) is 0.194. The van der Waals surface area contributed by atoms with Crippen LogP contribution >= 0.6 is 0 Å². The number of rotatable bonds is 3. The number of aliphatic hydroxyl groups is 3.